The fourth-order valence-electron chi connectivity index (χ4n) is 5.05. The van der Waals surface area contributed by atoms with Gasteiger partial charge in [0.2, 0.25) is 0 Å². The summed E-state index contributed by atoms with van der Waals surface area (Å²) in [5, 5.41) is 0. The Morgan fingerprint density at radius 3 is 2.15 bits per heavy atom. The van der Waals surface area contributed by atoms with Crippen LogP contribution in [0.3, 0.4) is 0 Å². The standard InChI is InChI=1S/C18H36N2/c1-15(2)17-12-8-9-13-18(17,14-19)20(3)16-10-6-4-5-7-11-16/h15-17H,4-14,19H2,1-3H3. The maximum Gasteiger partial charge on any atom is 0.0362 e. The van der Waals surface area contributed by atoms with Crippen molar-refractivity contribution in [1.29, 1.82) is 0 Å². The summed E-state index contributed by atoms with van der Waals surface area (Å²) in [4.78, 5) is 2.75. The van der Waals surface area contributed by atoms with Crippen molar-refractivity contribution in [1.82, 2.24) is 4.90 Å². The molecule has 2 atom stereocenters. The molecule has 2 saturated carbocycles. The fraction of sp³-hybridized carbons (Fsp3) is 1.00. The second-order valence-corrected chi connectivity index (χ2v) is 7.66. The Labute approximate surface area is 126 Å². The first-order chi connectivity index (χ1) is 9.62. The van der Waals surface area contributed by atoms with Crippen LogP contribution in [0.2, 0.25) is 0 Å². The average Bonchev–Trinajstić information content (AvgIpc) is 2.75. The van der Waals surface area contributed by atoms with Crippen molar-refractivity contribution in [3.8, 4) is 0 Å². The highest BCUT2D eigenvalue weighted by molar-refractivity contribution is 5.01. The van der Waals surface area contributed by atoms with Crippen LogP contribution < -0.4 is 5.73 Å². The second-order valence-electron chi connectivity index (χ2n) is 7.66. The Morgan fingerprint density at radius 2 is 1.60 bits per heavy atom. The normalized spacial score (nSPS) is 33.6. The van der Waals surface area contributed by atoms with E-state index in [0.29, 0.717) is 0 Å². The third-order valence-corrected chi connectivity index (χ3v) is 6.30. The minimum Gasteiger partial charge on any atom is -0.329 e. The summed E-state index contributed by atoms with van der Waals surface area (Å²) in [5.41, 5.74) is 6.65. The monoisotopic (exact) mass is 280 g/mol. The van der Waals surface area contributed by atoms with Crippen molar-refractivity contribution in [3.63, 3.8) is 0 Å². The van der Waals surface area contributed by atoms with Crippen molar-refractivity contribution in [2.75, 3.05) is 13.6 Å². The van der Waals surface area contributed by atoms with E-state index in [0.717, 1.165) is 24.4 Å². The van der Waals surface area contributed by atoms with Gasteiger partial charge in [-0.15, -0.1) is 0 Å². The van der Waals surface area contributed by atoms with Crippen LogP contribution in [0.15, 0.2) is 0 Å². The number of rotatable bonds is 4. The Hall–Kier alpha value is -0.0800. The number of nitrogens with zero attached hydrogens (tertiary/aromatic N) is 1. The first kappa shape index (κ1) is 16.3. The van der Waals surface area contributed by atoms with E-state index in [2.05, 4.69) is 25.8 Å². The molecule has 2 nitrogen and oxygen atoms in total. The molecule has 2 aliphatic rings. The Bertz CT molecular complexity index is 281. The molecule has 2 N–H and O–H groups in total. The van der Waals surface area contributed by atoms with Gasteiger partial charge >= 0.3 is 0 Å². The molecule has 0 aromatic rings. The number of likely N-dealkylation sites (N-methyl/N-ethyl adjacent to an activating group) is 1. The van der Waals surface area contributed by atoms with Crippen LogP contribution in [0.25, 0.3) is 0 Å². The highest BCUT2D eigenvalue weighted by Crippen LogP contribution is 2.43. The van der Waals surface area contributed by atoms with Crippen molar-refractivity contribution >= 4 is 0 Å². The van der Waals surface area contributed by atoms with Crippen LogP contribution in [0.5, 0.6) is 0 Å². The summed E-state index contributed by atoms with van der Waals surface area (Å²) >= 11 is 0. The maximum absolute atomic E-state index is 6.37. The highest BCUT2D eigenvalue weighted by Gasteiger charge is 2.45. The minimum atomic E-state index is 0.279. The Kier molecular flexibility index (Phi) is 5.92. The van der Waals surface area contributed by atoms with Gasteiger partial charge in [-0.05, 0) is 44.6 Å². The Morgan fingerprint density at radius 1 is 1.00 bits per heavy atom. The lowest BCUT2D eigenvalue weighted by Crippen LogP contribution is -2.62. The third-order valence-electron chi connectivity index (χ3n) is 6.30. The number of hydrogen-bond donors (Lipinski definition) is 1. The summed E-state index contributed by atoms with van der Waals surface area (Å²) in [5.74, 6) is 1.54. The van der Waals surface area contributed by atoms with Crippen LogP contribution in [0.1, 0.15) is 78.1 Å². The maximum atomic E-state index is 6.37. The van der Waals surface area contributed by atoms with Crippen LogP contribution in [0, 0.1) is 11.8 Å². The second kappa shape index (κ2) is 7.26. The van der Waals surface area contributed by atoms with E-state index < -0.39 is 0 Å². The molecule has 0 aliphatic heterocycles. The van der Waals surface area contributed by atoms with E-state index in [9.17, 15) is 0 Å². The van der Waals surface area contributed by atoms with Crippen molar-refractivity contribution in [3.05, 3.63) is 0 Å². The van der Waals surface area contributed by atoms with Gasteiger partial charge in [0.1, 0.15) is 0 Å². The molecular weight excluding hydrogens is 244 g/mol. The summed E-state index contributed by atoms with van der Waals surface area (Å²) in [6.07, 6.45) is 14.0. The molecule has 0 spiro atoms. The topological polar surface area (TPSA) is 29.3 Å². The molecular formula is C18H36N2. The minimum absolute atomic E-state index is 0.279. The molecule has 2 heteroatoms. The van der Waals surface area contributed by atoms with Gasteiger partial charge in [0.25, 0.3) is 0 Å². The molecule has 2 fully saturated rings. The van der Waals surface area contributed by atoms with E-state index >= 15 is 0 Å². The molecule has 0 aromatic heterocycles. The van der Waals surface area contributed by atoms with Crippen molar-refractivity contribution in [2.24, 2.45) is 17.6 Å². The molecule has 2 aliphatic carbocycles. The lowest BCUT2D eigenvalue weighted by atomic mass is 9.66. The van der Waals surface area contributed by atoms with Gasteiger partial charge in [0.05, 0.1) is 0 Å². The van der Waals surface area contributed by atoms with Crippen molar-refractivity contribution < 1.29 is 0 Å². The SMILES string of the molecule is CC(C)C1CCCCC1(CN)N(C)C1CCCCCC1. The van der Waals surface area contributed by atoms with Gasteiger partial charge in [-0.3, -0.25) is 4.90 Å². The molecule has 0 heterocycles. The van der Waals surface area contributed by atoms with E-state index in [1.807, 2.05) is 0 Å². The third kappa shape index (κ3) is 3.22. The molecule has 20 heavy (non-hydrogen) atoms. The van der Waals surface area contributed by atoms with Crippen molar-refractivity contribution in [2.45, 2.75) is 89.6 Å². The van der Waals surface area contributed by atoms with Crippen LogP contribution in [0.4, 0.5) is 0 Å². The first-order valence-electron chi connectivity index (χ1n) is 9.05. The first-order valence-corrected chi connectivity index (χ1v) is 9.05. The van der Waals surface area contributed by atoms with Gasteiger partial charge < -0.3 is 5.73 Å². The molecule has 118 valence electrons. The Balaban J connectivity index is 2.17. The summed E-state index contributed by atoms with van der Waals surface area (Å²) < 4.78 is 0. The lowest BCUT2D eigenvalue weighted by Gasteiger charge is -2.54. The smallest absolute Gasteiger partial charge is 0.0362 e. The highest BCUT2D eigenvalue weighted by atomic mass is 15.2. The van der Waals surface area contributed by atoms with Gasteiger partial charge in [-0.2, -0.15) is 0 Å². The van der Waals surface area contributed by atoms with Gasteiger partial charge in [0.15, 0.2) is 0 Å². The summed E-state index contributed by atoms with van der Waals surface area (Å²) in [6.45, 7) is 5.66. The lowest BCUT2D eigenvalue weighted by molar-refractivity contribution is -0.0265. The van der Waals surface area contributed by atoms with E-state index in [4.69, 9.17) is 5.73 Å². The molecule has 0 bridgehead atoms. The fourth-order valence-corrected chi connectivity index (χ4v) is 5.05. The summed E-state index contributed by atoms with van der Waals surface area (Å²) in [6, 6.07) is 0.778. The van der Waals surface area contributed by atoms with Gasteiger partial charge in [-0.25, -0.2) is 0 Å². The number of nitrogens with two attached hydrogens (primary N) is 1. The average molecular weight is 280 g/mol. The quantitative estimate of drug-likeness (QED) is 0.783. The zero-order valence-corrected chi connectivity index (χ0v) is 14.0. The zero-order chi connectivity index (χ0) is 14.6. The molecule has 0 aromatic carbocycles. The van der Waals surface area contributed by atoms with E-state index in [-0.39, 0.29) is 5.54 Å². The summed E-state index contributed by atoms with van der Waals surface area (Å²) in [7, 11) is 2.39. The van der Waals surface area contributed by atoms with Crippen LogP contribution in [-0.4, -0.2) is 30.1 Å². The van der Waals surface area contributed by atoms with E-state index in [1.54, 1.807) is 0 Å². The van der Waals surface area contributed by atoms with Gasteiger partial charge in [0, 0.05) is 18.1 Å². The number of hydrogen-bond acceptors (Lipinski definition) is 2. The van der Waals surface area contributed by atoms with Gasteiger partial charge in [-0.1, -0.05) is 52.4 Å². The largest absolute Gasteiger partial charge is 0.329 e. The molecule has 2 rings (SSSR count). The predicted molar refractivity (Wildman–Crippen MR) is 87.8 cm³/mol. The zero-order valence-electron chi connectivity index (χ0n) is 14.0. The molecule has 0 saturated heterocycles. The van der Waals surface area contributed by atoms with Crippen LogP contribution >= 0.6 is 0 Å². The molecule has 0 amide bonds. The predicted octanol–water partition coefficient (Wildman–Crippen LogP) is 4.18. The molecule has 0 radical (unpaired) electrons. The van der Waals surface area contributed by atoms with Crippen LogP contribution in [-0.2, 0) is 0 Å². The van der Waals surface area contributed by atoms with E-state index in [1.165, 1.54) is 64.2 Å². The molecule has 2 unspecified atom stereocenters.